The molecule has 2 rings (SSSR count). The van der Waals surface area contributed by atoms with Gasteiger partial charge in [0.05, 0.1) is 12.0 Å². The van der Waals surface area contributed by atoms with E-state index in [0.29, 0.717) is 23.7 Å². The van der Waals surface area contributed by atoms with E-state index < -0.39 is 4.92 Å². The highest BCUT2D eigenvalue weighted by molar-refractivity contribution is 5.85. The van der Waals surface area contributed by atoms with Crippen molar-refractivity contribution in [3.63, 3.8) is 0 Å². The van der Waals surface area contributed by atoms with Crippen LogP contribution >= 0.6 is 12.4 Å². The van der Waals surface area contributed by atoms with Crippen LogP contribution in [0.3, 0.4) is 0 Å². The summed E-state index contributed by atoms with van der Waals surface area (Å²) >= 11 is 0. The van der Waals surface area contributed by atoms with Crippen LogP contribution in [0.2, 0.25) is 0 Å². The van der Waals surface area contributed by atoms with Crippen molar-refractivity contribution in [3.05, 3.63) is 34.1 Å². The van der Waals surface area contributed by atoms with Gasteiger partial charge in [-0.2, -0.15) is 4.98 Å². The molecule has 9 heteroatoms. The number of aromatic nitrogens is 2. The summed E-state index contributed by atoms with van der Waals surface area (Å²) in [5.41, 5.74) is 0.470. The van der Waals surface area contributed by atoms with E-state index in [1.165, 1.54) is 19.2 Å². The number of nitrogens with one attached hydrogen (secondary N) is 1. The number of nitro groups is 1. The average Bonchev–Trinajstić information content (AvgIpc) is 2.94. The van der Waals surface area contributed by atoms with E-state index in [-0.39, 0.29) is 29.9 Å². The first-order chi connectivity index (χ1) is 10.0. The van der Waals surface area contributed by atoms with Gasteiger partial charge in [-0.3, -0.25) is 10.1 Å². The van der Waals surface area contributed by atoms with Crippen molar-refractivity contribution in [1.82, 2.24) is 15.5 Å². The van der Waals surface area contributed by atoms with Gasteiger partial charge in [0.2, 0.25) is 0 Å². The van der Waals surface area contributed by atoms with Gasteiger partial charge in [-0.05, 0) is 20.0 Å². The monoisotopic (exact) mass is 328 g/mol. The van der Waals surface area contributed by atoms with Crippen molar-refractivity contribution in [3.8, 4) is 17.2 Å². The van der Waals surface area contributed by atoms with Crippen LogP contribution in [-0.2, 0) is 6.42 Å². The van der Waals surface area contributed by atoms with Crippen molar-refractivity contribution in [2.75, 3.05) is 14.2 Å². The van der Waals surface area contributed by atoms with Gasteiger partial charge in [0.1, 0.15) is 0 Å². The van der Waals surface area contributed by atoms with Gasteiger partial charge in [-0.1, -0.05) is 5.16 Å². The van der Waals surface area contributed by atoms with Crippen LogP contribution in [0.5, 0.6) is 5.75 Å². The molecule has 0 radical (unpaired) electrons. The molecule has 1 N–H and O–H groups in total. The number of benzene rings is 1. The molecule has 120 valence electrons. The van der Waals surface area contributed by atoms with E-state index >= 15 is 0 Å². The molecule has 0 saturated heterocycles. The van der Waals surface area contributed by atoms with Gasteiger partial charge >= 0.3 is 5.69 Å². The highest BCUT2D eigenvalue weighted by Crippen LogP contribution is 2.31. The molecule has 22 heavy (non-hydrogen) atoms. The van der Waals surface area contributed by atoms with Gasteiger partial charge in [0.25, 0.3) is 5.89 Å². The Morgan fingerprint density at radius 2 is 2.23 bits per heavy atom. The highest BCUT2D eigenvalue weighted by atomic mass is 35.5. The lowest BCUT2D eigenvalue weighted by Crippen LogP contribution is -2.24. The number of nitro benzene ring substituents is 1. The van der Waals surface area contributed by atoms with Crippen molar-refractivity contribution in [2.45, 2.75) is 19.4 Å². The second-order valence-corrected chi connectivity index (χ2v) is 4.55. The summed E-state index contributed by atoms with van der Waals surface area (Å²) < 4.78 is 10.2. The third-order valence-corrected chi connectivity index (χ3v) is 3.07. The maximum Gasteiger partial charge on any atom is 0.310 e. The molecular formula is C13H17ClN4O4. The van der Waals surface area contributed by atoms with Gasteiger partial charge in [0, 0.05) is 30.2 Å². The molecule has 0 bridgehead atoms. The minimum Gasteiger partial charge on any atom is -0.490 e. The van der Waals surface area contributed by atoms with Crippen molar-refractivity contribution < 1.29 is 14.2 Å². The first-order valence-electron chi connectivity index (χ1n) is 6.37. The summed E-state index contributed by atoms with van der Waals surface area (Å²) in [6.07, 6.45) is 0.629. The van der Waals surface area contributed by atoms with Crippen molar-refractivity contribution in [2.24, 2.45) is 0 Å². The van der Waals surface area contributed by atoms with E-state index in [1.54, 1.807) is 6.07 Å². The maximum absolute atomic E-state index is 10.9. The topological polar surface area (TPSA) is 103 Å². The molecule has 0 amide bonds. The van der Waals surface area contributed by atoms with Crippen molar-refractivity contribution >= 4 is 18.1 Å². The molecule has 1 aromatic heterocycles. The SMILES string of the molecule is CNC(C)Cc1noc(-c2ccc([N+](=O)[O-])c(OC)c2)n1.Cl. The smallest absolute Gasteiger partial charge is 0.310 e. The lowest BCUT2D eigenvalue weighted by Gasteiger charge is -2.04. The Balaban J connectivity index is 0.00000242. The predicted molar refractivity (Wildman–Crippen MR) is 82.4 cm³/mol. The zero-order valence-corrected chi connectivity index (χ0v) is 13.2. The van der Waals surface area contributed by atoms with Crippen LogP contribution in [0.25, 0.3) is 11.5 Å². The van der Waals surface area contributed by atoms with Gasteiger partial charge < -0.3 is 14.6 Å². The normalized spacial score (nSPS) is 11.6. The summed E-state index contributed by atoms with van der Waals surface area (Å²) in [4.78, 5) is 14.6. The van der Waals surface area contributed by atoms with Crippen LogP contribution in [0, 0.1) is 10.1 Å². The molecule has 0 saturated carbocycles. The molecule has 0 aliphatic rings. The summed E-state index contributed by atoms with van der Waals surface area (Å²) in [7, 11) is 3.23. The molecule has 1 atom stereocenters. The minimum atomic E-state index is -0.504. The first-order valence-corrected chi connectivity index (χ1v) is 6.37. The summed E-state index contributed by atoms with van der Waals surface area (Å²) in [5, 5.41) is 17.8. The van der Waals surface area contributed by atoms with E-state index in [0.717, 1.165) is 0 Å². The molecule has 0 spiro atoms. The van der Waals surface area contributed by atoms with Crippen LogP contribution in [-0.4, -0.2) is 35.3 Å². The third-order valence-electron chi connectivity index (χ3n) is 3.07. The lowest BCUT2D eigenvalue weighted by atomic mass is 10.2. The summed E-state index contributed by atoms with van der Waals surface area (Å²) in [5.74, 6) is 1.03. The predicted octanol–water partition coefficient (Wildman–Crippen LogP) is 2.23. The number of rotatable bonds is 6. The largest absolute Gasteiger partial charge is 0.490 e. The van der Waals surface area contributed by atoms with Gasteiger partial charge in [-0.25, -0.2) is 0 Å². The minimum absolute atomic E-state index is 0. The Bertz CT molecular complexity index is 647. The number of methoxy groups -OCH3 is 1. The van der Waals surface area contributed by atoms with Gasteiger partial charge in [-0.15, -0.1) is 12.4 Å². The Morgan fingerprint density at radius 1 is 1.50 bits per heavy atom. The zero-order valence-electron chi connectivity index (χ0n) is 12.4. The fourth-order valence-corrected chi connectivity index (χ4v) is 1.79. The van der Waals surface area contributed by atoms with E-state index in [2.05, 4.69) is 15.5 Å². The summed E-state index contributed by atoms with van der Waals surface area (Å²) in [6, 6.07) is 4.65. The average molecular weight is 329 g/mol. The number of ether oxygens (including phenoxy) is 1. The second-order valence-electron chi connectivity index (χ2n) is 4.55. The maximum atomic E-state index is 10.9. The molecule has 0 aliphatic carbocycles. The number of hydrogen-bond donors (Lipinski definition) is 1. The van der Waals surface area contributed by atoms with Crippen LogP contribution in [0.1, 0.15) is 12.7 Å². The fraction of sp³-hybridized carbons (Fsp3) is 0.385. The number of likely N-dealkylation sites (N-methyl/N-ethyl adjacent to an activating group) is 1. The van der Waals surface area contributed by atoms with E-state index in [4.69, 9.17) is 9.26 Å². The Morgan fingerprint density at radius 3 is 2.82 bits per heavy atom. The lowest BCUT2D eigenvalue weighted by molar-refractivity contribution is -0.385. The van der Waals surface area contributed by atoms with Crippen LogP contribution in [0.4, 0.5) is 5.69 Å². The zero-order chi connectivity index (χ0) is 15.4. The van der Waals surface area contributed by atoms with E-state index in [9.17, 15) is 10.1 Å². The molecule has 1 unspecified atom stereocenters. The van der Waals surface area contributed by atoms with Crippen molar-refractivity contribution in [1.29, 1.82) is 0 Å². The quantitative estimate of drug-likeness (QED) is 0.640. The molecule has 1 heterocycles. The van der Waals surface area contributed by atoms with E-state index in [1.807, 2.05) is 14.0 Å². The Labute approximate surface area is 133 Å². The highest BCUT2D eigenvalue weighted by Gasteiger charge is 2.18. The van der Waals surface area contributed by atoms with Gasteiger partial charge in [0.15, 0.2) is 11.6 Å². The fourth-order valence-electron chi connectivity index (χ4n) is 1.79. The first kappa shape index (κ1) is 17.9. The molecule has 1 aromatic carbocycles. The molecule has 2 aromatic rings. The molecule has 0 aliphatic heterocycles. The number of halogens is 1. The number of nitrogens with zero attached hydrogens (tertiary/aromatic N) is 3. The Kier molecular flexibility index (Phi) is 6.26. The van der Waals surface area contributed by atoms with Crippen LogP contribution < -0.4 is 10.1 Å². The molecule has 8 nitrogen and oxygen atoms in total. The standard InChI is InChI=1S/C13H16N4O4.ClH/c1-8(14-2)6-12-15-13(21-16-12)9-4-5-10(17(18)19)11(7-9)20-3;/h4-5,7-8,14H,6H2,1-3H3;1H. The molecular weight excluding hydrogens is 312 g/mol. The summed E-state index contributed by atoms with van der Waals surface area (Å²) in [6.45, 7) is 2.00. The number of hydrogen-bond acceptors (Lipinski definition) is 7. The van der Waals surface area contributed by atoms with Crippen LogP contribution in [0.15, 0.2) is 22.7 Å². The second kappa shape index (κ2) is 7.71. The third kappa shape index (κ3) is 3.92. The Hall–Kier alpha value is -2.19. The molecule has 0 fully saturated rings.